The highest BCUT2D eigenvalue weighted by Gasteiger charge is 2.32. The highest BCUT2D eigenvalue weighted by molar-refractivity contribution is 5.33. The van der Waals surface area contributed by atoms with Crippen molar-refractivity contribution >= 4 is 5.82 Å². The van der Waals surface area contributed by atoms with Gasteiger partial charge in [0.2, 0.25) is 0 Å². The Balaban J connectivity index is 2.41. The van der Waals surface area contributed by atoms with Gasteiger partial charge in [0.1, 0.15) is 5.82 Å². The van der Waals surface area contributed by atoms with E-state index in [9.17, 15) is 13.2 Å². The summed E-state index contributed by atoms with van der Waals surface area (Å²) in [4.78, 5) is 0. The van der Waals surface area contributed by atoms with Crippen LogP contribution in [0.5, 0.6) is 0 Å². The zero-order valence-electron chi connectivity index (χ0n) is 9.67. The quantitative estimate of drug-likeness (QED) is 0.781. The van der Waals surface area contributed by atoms with Gasteiger partial charge in [-0.2, -0.15) is 13.2 Å². The molecule has 0 aliphatic carbocycles. The second kappa shape index (κ2) is 5.81. The Kier molecular flexibility index (Phi) is 4.68. The summed E-state index contributed by atoms with van der Waals surface area (Å²) in [6.07, 6.45) is -4.44. The van der Waals surface area contributed by atoms with E-state index in [1.54, 1.807) is 0 Å². The summed E-state index contributed by atoms with van der Waals surface area (Å²) < 4.78 is 36.5. The molecular weight excluding hydrogens is 233 g/mol. The van der Waals surface area contributed by atoms with Gasteiger partial charge in [-0.05, 0) is 12.1 Å². The third-order valence-electron chi connectivity index (χ3n) is 1.94. The lowest BCUT2D eigenvalue weighted by molar-refractivity contribution is -0.141. The molecule has 0 fully saturated rings. The van der Waals surface area contributed by atoms with Gasteiger partial charge in [-0.1, -0.05) is 13.8 Å². The average Bonchev–Trinajstić information content (AvgIpc) is 2.23. The molecule has 2 N–H and O–H groups in total. The summed E-state index contributed by atoms with van der Waals surface area (Å²) in [7, 11) is 0. The van der Waals surface area contributed by atoms with Crippen molar-refractivity contribution in [2.45, 2.75) is 26.1 Å². The minimum absolute atomic E-state index is 0.337. The molecule has 1 rings (SSSR count). The molecule has 0 aliphatic rings. The van der Waals surface area contributed by atoms with E-state index >= 15 is 0 Å². The van der Waals surface area contributed by atoms with Gasteiger partial charge in [-0.25, -0.2) is 0 Å². The number of aromatic nitrogens is 2. The number of nitrogens with zero attached hydrogens (tertiary/aromatic N) is 2. The molecule has 0 amide bonds. The topological polar surface area (TPSA) is 49.8 Å². The molecule has 0 saturated heterocycles. The lowest BCUT2D eigenvalue weighted by Gasteiger charge is -2.09. The number of alkyl halides is 3. The summed E-state index contributed by atoms with van der Waals surface area (Å²) in [6, 6.07) is 2.55. The smallest absolute Gasteiger partial charge is 0.367 e. The zero-order chi connectivity index (χ0) is 12.9. The van der Waals surface area contributed by atoms with Crippen LogP contribution in [0.3, 0.4) is 0 Å². The van der Waals surface area contributed by atoms with E-state index in [0.717, 1.165) is 6.07 Å². The monoisotopic (exact) mass is 248 g/mol. The highest BCUT2D eigenvalue weighted by Crippen LogP contribution is 2.26. The van der Waals surface area contributed by atoms with Crippen molar-refractivity contribution in [2.24, 2.45) is 0 Å². The molecule has 0 atom stereocenters. The fourth-order valence-electron chi connectivity index (χ4n) is 1.13. The van der Waals surface area contributed by atoms with E-state index in [2.05, 4.69) is 20.8 Å². The Labute approximate surface area is 97.6 Å². The van der Waals surface area contributed by atoms with Gasteiger partial charge in [0, 0.05) is 19.1 Å². The Morgan fingerprint density at radius 2 is 1.88 bits per heavy atom. The van der Waals surface area contributed by atoms with Crippen LogP contribution in [0.4, 0.5) is 19.0 Å². The third-order valence-corrected chi connectivity index (χ3v) is 1.94. The van der Waals surface area contributed by atoms with E-state index < -0.39 is 11.9 Å². The van der Waals surface area contributed by atoms with Crippen LogP contribution in [0.1, 0.15) is 19.5 Å². The first kappa shape index (κ1) is 13.7. The van der Waals surface area contributed by atoms with Gasteiger partial charge >= 0.3 is 6.18 Å². The van der Waals surface area contributed by atoms with E-state index in [1.165, 1.54) is 6.07 Å². The number of anilines is 1. The number of hydrogen-bond acceptors (Lipinski definition) is 4. The SMILES string of the molecule is CC(C)NCCNc1ccc(C(F)(F)F)nn1. The van der Waals surface area contributed by atoms with Crippen molar-refractivity contribution in [3.8, 4) is 0 Å². The Morgan fingerprint density at radius 3 is 2.35 bits per heavy atom. The standard InChI is InChI=1S/C10H15F3N4/c1-7(2)14-5-6-15-9-4-3-8(16-17-9)10(11,12)13/h3-4,7,14H,5-6H2,1-2H3,(H,15,17). The van der Waals surface area contributed by atoms with Gasteiger partial charge in [0.05, 0.1) is 0 Å². The second-order valence-electron chi connectivity index (χ2n) is 3.84. The van der Waals surface area contributed by atoms with Crippen molar-refractivity contribution in [1.29, 1.82) is 0 Å². The van der Waals surface area contributed by atoms with Crippen molar-refractivity contribution < 1.29 is 13.2 Å². The lowest BCUT2D eigenvalue weighted by atomic mass is 10.3. The molecule has 0 unspecified atom stereocenters. The maximum Gasteiger partial charge on any atom is 0.435 e. The van der Waals surface area contributed by atoms with Crippen LogP contribution in [-0.4, -0.2) is 29.3 Å². The van der Waals surface area contributed by atoms with E-state index in [-0.39, 0.29) is 0 Å². The average molecular weight is 248 g/mol. The van der Waals surface area contributed by atoms with Crippen LogP contribution < -0.4 is 10.6 Å². The molecule has 0 radical (unpaired) electrons. The van der Waals surface area contributed by atoms with E-state index in [4.69, 9.17) is 0 Å². The third kappa shape index (κ3) is 4.99. The Hall–Kier alpha value is -1.37. The molecule has 1 aromatic rings. The van der Waals surface area contributed by atoms with Crippen LogP contribution in [-0.2, 0) is 6.18 Å². The summed E-state index contributed by atoms with van der Waals surface area (Å²) >= 11 is 0. The van der Waals surface area contributed by atoms with E-state index in [1.807, 2.05) is 13.8 Å². The predicted molar refractivity (Wildman–Crippen MR) is 58.7 cm³/mol. The molecular formula is C10H15F3N4. The molecule has 0 aliphatic heterocycles. The summed E-state index contributed by atoms with van der Waals surface area (Å²) in [5.41, 5.74) is -0.983. The van der Waals surface area contributed by atoms with Gasteiger partial charge < -0.3 is 10.6 Å². The number of hydrogen-bond donors (Lipinski definition) is 2. The van der Waals surface area contributed by atoms with Gasteiger partial charge in [0.25, 0.3) is 0 Å². The van der Waals surface area contributed by atoms with Crippen LogP contribution in [0.15, 0.2) is 12.1 Å². The Bertz CT molecular complexity index is 334. The zero-order valence-corrected chi connectivity index (χ0v) is 9.67. The first-order valence-electron chi connectivity index (χ1n) is 5.28. The van der Waals surface area contributed by atoms with Crippen molar-refractivity contribution in [1.82, 2.24) is 15.5 Å². The molecule has 0 spiro atoms. The van der Waals surface area contributed by atoms with Crippen molar-refractivity contribution in [3.63, 3.8) is 0 Å². The number of halogens is 3. The Morgan fingerprint density at radius 1 is 1.18 bits per heavy atom. The molecule has 0 saturated carbocycles. The van der Waals surface area contributed by atoms with E-state index in [0.29, 0.717) is 24.9 Å². The molecule has 0 bridgehead atoms. The van der Waals surface area contributed by atoms with Gasteiger partial charge in [0.15, 0.2) is 5.69 Å². The maximum atomic E-state index is 12.2. The first-order chi connectivity index (χ1) is 7.89. The minimum Gasteiger partial charge on any atom is -0.367 e. The van der Waals surface area contributed by atoms with Crippen LogP contribution in [0.2, 0.25) is 0 Å². The minimum atomic E-state index is -4.44. The molecule has 7 heteroatoms. The van der Waals surface area contributed by atoms with Gasteiger partial charge in [-0.15, -0.1) is 10.2 Å². The molecule has 4 nitrogen and oxygen atoms in total. The fourth-order valence-corrected chi connectivity index (χ4v) is 1.13. The van der Waals surface area contributed by atoms with Crippen LogP contribution >= 0.6 is 0 Å². The molecule has 0 aromatic carbocycles. The lowest BCUT2D eigenvalue weighted by Crippen LogP contribution is -2.28. The fraction of sp³-hybridized carbons (Fsp3) is 0.600. The normalized spacial score (nSPS) is 11.9. The summed E-state index contributed by atoms with van der Waals surface area (Å²) in [5, 5.41) is 12.6. The molecule has 96 valence electrons. The maximum absolute atomic E-state index is 12.2. The van der Waals surface area contributed by atoms with Crippen LogP contribution in [0, 0.1) is 0 Å². The molecule has 1 heterocycles. The van der Waals surface area contributed by atoms with Crippen molar-refractivity contribution in [3.05, 3.63) is 17.8 Å². The largest absolute Gasteiger partial charge is 0.435 e. The first-order valence-corrected chi connectivity index (χ1v) is 5.28. The summed E-state index contributed by atoms with van der Waals surface area (Å²) in [6.45, 7) is 5.31. The van der Waals surface area contributed by atoms with Crippen molar-refractivity contribution in [2.75, 3.05) is 18.4 Å². The molecule has 1 aromatic heterocycles. The second-order valence-corrected chi connectivity index (χ2v) is 3.84. The highest BCUT2D eigenvalue weighted by atomic mass is 19.4. The van der Waals surface area contributed by atoms with Gasteiger partial charge in [-0.3, -0.25) is 0 Å². The predicted octanol–water partition coefficient (Wildman–Crippen LogP) is 1.91. The van der Waals surface area contributed by atoms with Crippen LogP contribution in [0.25, 0.3) is 0 Å². The number of rotatable bonds is 5. The summed E-state index contributed by atoms with van der Waals surface area (Å²) in [5.74, 6) is 0.337. The number of nitrogens with one attached hydrogen (secondary N) is 2. The molecule has 17 heavy (non-hydrogen) atoms.